The van der Waals surface area contributed by atoms with Crippen LogP contribution in [0, 0.1) is 17.5 Å². The Balaban J connectivity index is 2.34. The van der Waals surface area contributed by atoms with E-state index in [9.17, 15) is 26.4 Å². The van der Waals surface area contributed by atoms with Crippen molar-refractivity contribution in [2.45, 2.75) is 13.0 Å². The molecule has 0 aliphatic carbocycles. The predicted octanol–water partition coefficient (Wildman–Crippen LogP) is 2.90. The molecule has 0 saturated heterocycles. The smallest absolute Gasteiger partial charge is 0.247 e. The molecule has 2 rings (SSSR count). The number of hydrogen-bond acceptors (Lipinski definition) is 3. The first kappa shape index (κ1) is 18.8. The number of carbonyl (C=O) groups excluding carboxylic acids is 1. The number of halogens is 3. The lowest BCUT2D eigenvalue weighted by atomic mass is 10.2. The molecule has 0 spiro atoms. The fourth-order valence-corrected chi connectivity index (χ4v) is 3.41. The van der Waals surface area contributed by atoms with E-state index in [0.717, 1.165) is 24.5 Å². The largest absolute Gasteiger partial charge is 0.324 e. The molecule has 1 amide bonds. The maximum Gasteiger partial charge on any atom is 0.247 e. The quantitative estimate of drug-likeness (QED) is 0.878. The maximum atomic E-state index is 13.4. The molecule has 0 aliphatic rings. The van der Waals surface area contributed by atoms with Gasteiger partial charge in [-0.3, -0.25) is 9.10 Å². The first-order valence-electron chi connectivity index (χ1n) is 7.10. The number of nitrogens with one attached hydrogen (secondary N) is 1. The number of anilines is 2. The summed E-state index contributed by atoms with van der Waals surface area (Å²) in [6, 6.07) is 6.25. The third-order valence-corrected chi connectivity index (χ3v) is 4.58. The highest BCUT2D eigenvalue weighted by Gasteiger charge is 2.29. The van der Waals surface area contributed by atoms with Crippen molar-refractivity contribution in [2.75, 3.05) is 15.9 Å². The molecule has 0 bridgehead atoms. The van der Waals surface area contributed by atoms with Crippen molar-refractivity contribution >= 4 is 27.3 Å². The molecule has 5 nitrogen and oxygen atoms in total. The number of hydrogen-bond donors (Lipinski definition) is 1. The highest BCUT2D eigenvalue weighted by atomic mass is 32.2. The number of amides is 1. The van der Waals surface area contributed by atoms with Crippen LogP contribution < -0.4 is 9.62 Å². The topological polar surface area (TPSA) is 66.5 Å². The van der Waals surface area contributed by atoms with Gasteiger partial charge in [0, 0.05) is 11.8 Å². The Morgan fingerprint density at radius 3 is 2.32 bits per heavy atom. The van der Waals surface area contributed by atoms with Gasteiger partial charge in [-0.2, -0.15) is 0 Å². The molecule has 0 fully saturated rings. The summed E-state index contributed by atoms with van der Waals surface area (Å²) < 4.78 is 64.5. The van der Waals surface area contributed by atoms with Crippen molar-refractivity contribution < 1.29 is 26.4 Å². The third kappa shape index (κ3) is 4.50. The van der Waals surface area contributed by atoms with Crippen LogP contribution in [0.3, 0.4) is 0 Å². The van der Waals surface area contributed by atoms with Crippen LogP contribution in [-0.2, 0) is 14.8 Å². The molecule has 2 aromatic carbocycles. The molecular weight excluding hydrogens is 357 g/mol. The molecule has 0 heterocycles. The minimum atomic E-state index is -3.98. The summed E-state index contributed by atoms with van der Waals surface area (Å²) in [5.41, 5.74) is -0.0705. The van der Waals surface area contributed by atoms with E-state index in [2.05, 4.69) is 5.32 Å². The number of carbonyl (C=O) groups is 1. The van der Waals surface area contributed by atoms with Crippen LogP contribution in [0.25, 0.3) is 0 Å². The summed E-state index contributed by atoms with van der Waals surface area (Å²) in [4.78, 5) is 12.3. The van der Waals surface area contributed by atoms with Crippen molar-refractivity contribution in [3.05, 3.63) is 59.9 Å². The van der Waals surface area contributed by atoms with Crippen molar-refractivity contribution in [1.29, 1.82) is 0 Å². The second-order valence-electron chi connectivity index (χ2n) is 5.33. The summed E-state index contributed by atoms with van der Waals surface area (Å²) in [6.45, 7) is 1.27. The molecule has 0 radical (unpaired) electrons. The van der Waals surface area contributed by atoms with Gasteiger partial charge in [-0.05, 0) is 37.3 Å². The lowest BCUT2D eigenvalue weighted by Gasteiger charge is -2.28. The maximum absolute atomic E-state index is 13.4. The Labute approximate surface area is 143 Å². The standard InChI is InChI=1S/C16H15F3N2O3S/c1-10(16(22)20-12-5-3-4-11(17)8-12)21(25(2,23)24)13-6-7-14(18)15(19)9-13/h3-10H,1-2H3,(H,20,22)/t10-/m1/s1. The van der Waals surface area contributed by atoms with Crippen LogP contribution in [0.5, 0.6) is 0 Å². The van der Waals surface area contributed by atoms with E-state index in [-0.39, 0.29) is 11.4 Å². The van der Waals surface area contributed by atoms with Gasteiger partial charge in [0.1, 0.15) is 11.9 Å². The van der Waals surface area contributed by atoms with Gasteiger partial charge in [-0.15, -0.1) is 0 Å². The molecule has 1 atom stereocenters. The fraction of sp³-hybridized carbons (Fsp3) is 0.188. The summed E-state index contributed by atoms with van der Waals surface area (Å²) in [6.07, 6.45) is 0.834. The monoisotopic (exact) mass is 372 g/mol. The summed E-state index contributed by atoms with van der Waals surface area (Å²) in [5.74, 6) is -3.73. The van der Waals surface area contributed by atoms with Crippen LogP contribution in [-0.4, -0.2) is 26.6 Å². The van der Waals surface area contributed by atoms with Crippen molar-refractivity contribution in [3.8, 4) is 0 Å². The van der Waals surface area contributed by atoms with Crippen molar-refractivity contribution in [1.82, 2.24) is 0 Å². The van der Waals surface area contributed by atoms with Crippen LogP contribution in [0.2, 0.25) is 0 Å². The van der Waals surface area contributed by atoms with Gasteiger partial charge in [0.15, 0.2) is 11.6 Å². The van der Waals surface area contributed by atoms with E-state index in [0.29, 0.717) is 10.4 Å². The number of benzene rings is 2. The van der Waals surface area contributed by atoms with Crippen LogP contribution >= 0.6 is 0 Å². The number of sulfonamides is 1. The number of nitrogens with zero attached hydrogens (tertiary/aromatic N) is 1. The fourth-order valence-electron chi connectivity index (χ4n) is 2.24. The molecule has 0 saturated carbocycles. The van der Waals surface area contributed by atoms with Gasteiger partial charge >= 0.3 is 0 Å². The molecule has 0 aromatic heterocycles. The lowest BCUT2D eigenvalue weighted by molar-refractivity contribution is -0.116. The summed E-state index contributed by atoms with van der Waals surface area (Å²) in [5, 5.41) is 2.38. The SMILES string of the molecule is C[C@H](C(=O)Nc1cccc(F)c1)N(c1ccc(F)c(F)c1)S(C)(=O)=O. The third-order valence-electron chi connectivity index (χ3n) is 3.34. The summed E-state index contributed by atoms with van der Waals surface area (Å²) >= 11 is 0. The summed E-state index contributed by atoms with van der Waals surface area (Å²) in [7, 11) is -3.98. The minimum absolute atomic E-state index is 0.135. The van der Waals surface area contributed by atoms with Gasteiger partial charge in [-0.1, -0.05) is 6.07 Å². The predicted molar refractivity (Wildman–Crippen MR) is 88.2 cm³/mol. The Hall–Kier alpha value is -2.55. The van der Waals surface area contributed by atoms with E-state index in [4.69, 9.17) is 0 Å². The van der Waals surface area contributed by atoms with E-state index in [1.54, 1.807) is 0 Å². The molecular formula is C16H15F3N2O3S. The van der Waals surface area contributed by atoms with Gasteiger partial charge in [-0.25, -0.2) is 21.6 Å². The second-order valence-corrected chi connectivity index (χ2v) is 7.19. The second kappa shape index (κ2) is 7.14. The van der Waals surface area contributed by atoms with E-state index in [1.165, 1.54) is 25.1 Å². The zero-order chi connectivity index (χ0) is 18.8. The molecule has 25 heavy (non-hydrogen) atoms. The average Bonchev–Trinajstić information content (AvgIpc) is 2.49. The highest BCUT2D eigenvalue weighted by molar-refractivity contribution is 7.92. The van der Waals surface area contributed by atoms with Gasteiger partial charge in [0.25, 0.3) is 0 Å². The Morgan fingerprint density at radius 1 is 1.08 bits per heavy atom. The van der Waals surface area contributed by atoms with Gasteiger partial charge in [0.2, 0.25) is 15.9 Å². The first-order valence-corrected chi connectivity index (χ1v) is 8.95. The van der Waals surface area contributed by atoms with E-state index >= 15 is 0 Å². The molecule has 2 aromatic rings. The van der Waals surface area contributed by atoms with Crippen molar-refractivity contribution in [2.24, 2.45) is 0 Å². The van der Waals surface area contributed by atoms with Crippen LogP contribution in [0.1, 0.15) is 6.92 Å². The zero-order valence-corrected chi connectivity index (χ0v) is 14.1. The Kier molecular flexibility index (Phi) is 5.36. The Morgan fingerprint density at radius 2 is 1.76 bits per heavy atom. The molecule has 134 valence electrons. The van der Waals surface area contributed by atoms with Crippen LogP contribution in [0.4, 0.5) is 24.5 Å². The number of rotatable bonds is 5. The lowest BCUT2D eigenvalue weighted by Crippen LogP contribution is -2.45. The van der Waals surface area contributed by atoms with Crippen molar-refractivity contribution in [3.63, 3.8) is 0 Å². The normalized spacial score (nSPS) is 12.5. The highest BCUT2D eigenvalue weighted by Crippen LogP contribution is 2.23. The van der Waals surface area contributed by atoms with Gasteiger partial charge in [0.05, 0.1) is 11.9 Å². The molecule has 1 N–H and O–H groups in total. The minimum Gasteiger partial charge on any atom is -0.324 e. The van der Waals surface area contributed by atoms with Gasteiger partial charge < -0.3 is 5.32 Å². The van der Waals surface area contributed by atoms with E-state index < -0.39 is 39.4 Å². The average molecular weight is 372 g/mol. The Bertz CT molecular complexity index is 903. The molecule has 9 heteroatoms. The van der Waals surface area contributed by atoms with Crippen LogP contribution in [0.15, 0.2) is 42.5 Å². The van der Waals surface area contributed by atoms with E-state index in [1.807, 2.05) is 0 Å². The first-order chi connectivity index (χ1) is 11.6. The zero-order valence-electron chi connectivity index (χ0n) is 13.3. The molecule has 0 aliphatic heterocycles. The molecule has 0 unspecified atom stereocenters.